The monoisotopic (exact) mass is 673 g/mol. The summed E-state index contributed by atoms with van der Waals surface area (Å²) in [5, 5.41) is 0. The minimum Gasteiger partial charge on any atom is -0.462 e. The van der Waals surface area contributed by atoms with Gasteiger partial charge in [0.05, 0.1) is 0 Å². The number of ether oxygens (including phenoxy) is 3. The first-order chi connectivity index (χ1) is 23.5. The number of esters is 3. The van der Waals surface area contributed by atoms with Crippen LogP contribution in [-0.2, 0) is 28.6 Å². The lowest BCUT2D eigenvalue weighted by Gasteiger charge is -2.18. The van der Waals surface area contributed by atoms with Gasteiger partial charge in [0.2, 0.25) is 0 Å². The fourth-order valence-corrected chi connectivity index (χ4v) is 5.14. The van der Waals surface area contributed by atoms with E-state index in [1.165, 1.54) is 44.9 Å². The smallest absolute Gasteiger partial charge is 0.306 e. The van der Waals surface area contributed by atoms with Crippen LogP contribution in [0.25, 0.3) is 0 Å². The third-order valence-electron chi connectivity index (χ3n) is 8.10. The number of allylic oxidation sites excluding steroid dienone is 8. The lowest BCUT2D eigenvalue weighted by Crippen LogP contribution is -2.30. The second kappa shape index (κ2) is 37.2. The molecule has 1 unspecified atom stereocenters. The Balaban J connectivity index is 4.15. The Morgan fingerprint density at radius 1 is 0.438 bits per heavy atom. The van der Waals surface area contributed by atoms with Crippen LogP contribution in [0.5, 0.6) is 0 Å². The minimum absolute atomic E-state index is 0.0791. The summed E-state index contributed by atoms with van der Waals surface area (Å²) in [6, 6.07) is 0. The van der Waals surface area contributed by atoms with E-state index in [4.69, 9.17) is 14.2 Å². The first-order valence-electron chi connectivity index (χ1n) is 19.6. The van der Waals surface area contributed by atoms with Gasteiger partial charge in [0.1, 0.15) is 13.2 Å². The highest BCUT2D eigenvalue weighted by molar-refractivity contribution is 5.71. The zero-order valence-corrected chi connectivity index (χ0v) is 31.2. The molecule has 0 bridgehead atoms. The quantitative estimate of drug-likeness (QED) is 0.0293. The van der Waals surface area contributed by atoms with Crippen LogP contribution in [0.15, 0.2) is 48.6 Å². The maximum absolute atomic E-state index is 12.5. The Labute approximate surface area is 295 Å². The Kier molecular flexibility index (Phi) is 35.2. The molecule has 0 aromatic rings. The summed E-state index contributed by atoms with van der Waals surface area (Å²) in [5.41, 5.74) is 0. The SMILES string of the molecule is CC/C=C\C/C=C\C/C=C\C/C=C\CCCCCCCCC(=O)OCC(COC(=O)CCCCCCC)OC(=O)CCCCCCCC. The topological polar surface area (TPSA) is 78.9 Å². The molecule has 0 aromatic heterocycles. The fourth-order valence-electron chi connectivity index (χ4n) is 5.14. The predicted octanol–water partition coefficient (Wildman–Crippen LogP) is 12.0. The lowest BCUT2D eigenvalue weighted by molar-refractivity contribution is -0.167. The highest BCUT2D eigenvalue weighted by Crippen LogP contribution is 2.12. The molecule has 276 valence electrons. The Morgan fingerprint density at radius 3 is 1.27 bits per heavy atom. The molecule has 0 saturated carbocycles. The number of unbranched alkanes of at least 4 members (excludes halogenated alkanes) is 15. The fraction of sp³-hybridized carbons (Fsp3) is 0.738. The van der Waals surface area contributed by atoms with E-state index in [0.717, 1.165) is 96.3 Å². The van der Waals surface area contributed by atoms with Gasteiger partial charge in [-0.15, -0.1) is 0 Å². The predicted molar refractivity (Wildman–Crippen MR) is 201 cm³/mol. The van der Waals surface area contributed by atoms with Gasteiger partial charge in [-0.1, -0.05) is 153 Å². The van der Waals surface area contributed by atoms with E-state index in [1.807, 2.05) is 0 Å². The van der Waals surface area contributed by atoms with Crippen molar-refractivity contribution >= 4 is 17.9 Å². The van der Waals surface area contributed by atoms with Crippen molar-refractivity contribution in [2.24, 2.45) is 0 Å². The number of rotatable bonds is 34. The molecule has 0 N–H and O–H groups in total. The third kappa shape index (κ3) is 34.7. The van der Waals surface area contributed by atoms with Crippen LogP contribution >= 0.6 is 0 Å². The van der Waals surface area contributed by atoms with E-state index in [9.17, 15) is 14.4 Å². The standard InChI is InChI=1S/C42H72O6/c1-4-7-10-13-15-16-17-18-19-20-21-22-23-24-25-26-27-30-32-35-41(44)47-38-39(37-46-40(43)34-31-28-12-9-6-3)48-42(45)36-33-29-14-11-8-5-2/h7,10,15-16,18-19,21-22,39H,4-6,8-9,11-14,17,20,23-38H2,1-3H3/b10-7-,16-15-,19-18-,22-21-. The average molecular weight is 673 g/mol. The van der Waals surface area contributed by atoms with Crippen molar-refractivity contribution in [1.29, 1.82) is 0 Å². The lowest BCUT2D eigenvalue weighted by atomic mass is 10.1. The maximum Gasteiger partial charge on any atom is 0.306 e. The van der Waals surface area contributed by atoms with Crippen LogP contribution in [0.1, 0.15) is 181 Å². The molecule has 0 saturated heterocycles. The van der Waals surface area contributed by atoms with Gasteiger partial charge in [-0.25, -0.2) is 0 Å². The van der Waals surface area contributed by atoms with Crippen molar-refractivity contribution in [2.45, 2.75) is 187 Å². The molecule has 0 aliphatic carbocycles. The second-order valence-electron chi connectivity index (χ2n) is 12.8. The summed E-state index contributed by atoms with van der Waals surface area (Å²) in [6.45, 7) is 6.33. The van der Waals surface area contributed by atoms with Crippen LogP contribution in [0, 0.1) is 0 Å². The molecule has 0 aliphatic rings. The van der Waals surface area contributed by atoms with E-state index in [1.54, 1.807) is 0 Å². The molecule has 0 fully saturated rings. The Morgan fingerprint density at radius 2 is 0.812 bits per heavy atom. The van der Waals surface area contributed by atoms with Gasteiger partial charge in [0, 0.05) is 19.3 Å². The highest BCUT2D eigenvalue weighted by Gasteiger charge is 2.19. The molecule has 0 aromatic carbocycles. The first-order valence-corrected chi connectivity index (χ1v) is 19.6. The molecular weight excluding hydrogens is 600 g/mol. The van der Waals surface area contributed by atoms with Gasteiger partial charge in [0.15, 0.2) is 6.10 Å². The zero-order valence-electron chi connectivity index (χ0n) is 31.2. The van der Waals surface area contributed by atoms with E-state index in [0.29, 0.717) is 19.3 Å². The first kappa shape index (κ1) is 45.4. The van der Waals surface area contributed by atoms with Crippen LogP contribution in [0.2, 0.25) is 0 Å². The van der Waals surface area contributed by atoms with Crippen molar-refractivity contribution in [3.63, 3.8) is 0 Å². The van der Waals surface area contributed by atoms with Gasteiger partial charge in [0.25, 0.3) is 0 Å². The van der Waals surface area contributed by atoms with Gasteiger partial charge in [-0.05, 0) is 57.8 Å². The molecule has 6 nitrogen and oxygen atoms in total. The molecule has 0 heterocycles. The van der Waals surface area contributed by atoms with Crippen molar-refractivity contribution < 1.29 is 28.6 Å². The normalized spacial score (nSPS) is 12.5. The van der Waals surface area contributed by atoms with Gasteiger partial charge < -0.3 is 14.2 Å². The van der Waals surface area contributed by atoms with Crippen LogP contribution in [0.4, 0.5) is 0 Å². The van der Waals surface area contributed by atoms with Crippen molar-refractivity contribution in [2.75, 3.05) is 13.2 Å². The zero-order chi connectivity index (χ0) is 35.2. The number of hydrogen-bond donors (Lipinski definition) is 0. The molecular formula is C42H72O6. The number of hydrogen-bond acceptors (Lipinski definition) is 6. The highest BCUT2D eigenvalue weighted by atomic mass is 16.6. The largest absolute Gasteiger partial charge is 0.462 e. The summed E-state index contributed by atoms with van der Waals surface area (Å²) in [7, 11) is 0. The average Bonchev–Trinajstić information content (AvgIpc) is 3.08. The summed E-state index contributed by atoms with van der Waals surface area (Å²) in [6.07, 6.45) is 41.4. The number of carbonyl (C=O) groups is 3. The summed E-state index contributed by atoms with van der Waals surface area (Å²) in [5.74, 6) is -0.925. The molecule has 6 heteroatoms. The molecule has 0 rings (SSSR count). The van der Waals surface area contributed by atoms with E-state index >= 15 is 0 Å². The summed E-state index contributed by atoms with van der Waals surface area (Å²) < 4.78 is 16.4. The third-order valence-corrected chi connectivity index (χ3v) is 8.10. The van der Waals surface area contributed by atoms with Gasteiger partial charge in [-0.3, -0.25) is 14.4 Å². The van der Waals surface area contributed by atoms with Crippen molar-refractivity contribution in [3.05, 3.63) is 48.6 Å². The Bertz CT molecular complexity index is 871. The molecule has 0 aliphatic heterocycles. The van der Waals surface area contributed by atoms with Gasteiger partial charge in [-0.2, -0.15) is 0 Å². The molecule has 0 radical (unpaired) electrons. The molecule has 0 spiro atoms. The van der Waals surface area contributed by atoms with Crippen LogP contribution < -0.4 is 0 Å². The van der Waals surface area contributed by atoms with Crippen molar-refractivity contribution in [3.8, 4) is 0 Å². The maximum atomic E-state index is 12.5. The van der Waals surface area contributed by atoms with E-state index in [-0.39, 0.29) is 31.1 Å². The molecule has 1 atom stereocenters. The number of carbonyl (C=O) groups excluding carboxylic acids is 3. The molecule has 48 heavy (non-hydrogen) atoms. The Hall–Kier alpha value is -2.63. The summed E-state index contributed by atoms with van der Waals surface area (Å²) in [4.78, 5) is 37.1. The van der Waals surface area contributed by atoms with Crippen LogP contribution in [-0.4, -0.2) is 37.2 Å². The second-order valence-corrected chi connectivity index (χ2v) is 12.8. The molecule has 0 amide bonds. The summed E-state index contributed by atoms with van der Waals surface area (Å²) >= 11 is 0. The van der Waals surface area contributed by atoms with Gasteiger partial charge >= 0.3 is 17.9 Å². The van der Waals surface area contributed by atoms with Crippen molar-refractivity contribution in [1.82, 2.24) is 0 Å². The van der Waals surface area contributed by atoms with E-state index in [2.05, 4.69) is 69.4 Å². The van der Waals surface area contributed by atoms with Crippen LogP contribution in [0.3, 0.4) is 0 Å². The van der Waals surface area contributed by atoms with E-state index < -0.39 is 6.10 Å². The minimum atomic E-state index is -0.768.